The maximum Gasteiger partial charge on any atom is 0.216 e. The molecule has 0 unspecified atom stereocenters. The first-order valence-corrected chi connectivity index (χ1v) is 20.1. The third kappa shape index (κ3) is 7.07. The second-order valence-electron chi connectivity index (χ2n) is 18.5. The maximum atomic E-state index is 6.98. The molecule has 4 aromatic carbocycles. The van der Waals surface area contributed by atoms with Crippen LogP contribution in [0.15, 0.2) is 96.1 Å². The van der Waals surface area contributed by atoms with Crippen molar-refractivity contribution in [2.45, 2.75) is 118 Å². The van der Waals surface area contributed by atoms with Gasteiger partial charge in [-0.25, -0.2) is 9.98 Å². The highest BCUT2D eigenvalue weighted by atomic mass is 16.5. The van der Waals surface area contributed by atoms with Gasteiger partial charge in [-0.05, 0) is 118 Å². The van der Waals surface area contributed by atoms with Crippen LogP contribution in [-0.4, -0.2) is 23.0 Å². The lowest BCUT2D eigenvalue weighted by Gasteiger charge is -2.41. The summed E-state index contributed by atoms with van der Waals surface area (Å²) in [5.41, 5.74) is 12.5. The van der Waals surface area contributed by atoms with Gasteiger partial charge in [0.2, 0.25) is 5.90 Å². The van der Waals surface area contributed by atoms with Gasteiger partial charge in [0.05, 0.1) is 16.9 Å². The monoisotopic (exact) mass is 733 g/mol. The fourth-order valence-corrected chi connectivity index (χ4v) is 8.10. The predicted molar refractivity (Wildman–Crippen MR) is 230 cm³/mol. The molecule has 0 saturated carbocycles. The van der Waals surface area contributed by atoms with Crippen molar-refractivity contribution in [3.63, 3.8) is 0 Å². The van der Waals surface area contributed by atoms with Crippen molar-refractivity contribution in [2.24, 2.45) is 10.9 Å². The minimum absolute atomic E-state index is 0.0248. The number of anilines is 3. The molecule has 5 heteroatoms. The number of nitrogens with zero attached hydrogens (tertiary/aromatic N) is 3. The fraction of sp³-hybridized carbons (Fsp3) is 0.400. The van der Waals surface area contributed by atoms with Crippen LogP contribution < -0.4 is 9.64 Å². The predicted octanol–water partition coefficient (Wildman–Crippen LogP) is 13.7. The Labute approximate surface area is 329 Å². The van der Waals surface area contributed by atoms with E-state index in [9.17, 15) is 0 Å². The van der Waals surface area contributed by atoms with E-state index < -0.39 is 0 Å². The summed E-state index contributed by atoms with van der Waals surface area (Å²) in [7, 11) is 0. The molecule has 7 rings (SSSR count). The Kier molecular flexibility index (Phi) is 9.76. The van der Waals surface area contributed by atoms with Gasteiger partial charge in [0, 0.05) is 28.8 Å². The Morgan fingerprint density at radius 2 is 1.42 bits per heavy atom. The van der Waals surface area contributed by atoms with Gasteiger partial charge in [-0.15, -0.1) is 0 Å². The number of aryl methyl sites for hydroxylation is 1. The Balaban J connectivity index is 1.38. The molecular weight excluding hydrogens is 675 g/mol. The van der Waals surface area contributed by atoms with Crippen LogP contribution in [0.3, 0.4) is 0 Å². The zero-order valence-electron chi connectivity index (χ0n) is 35.3. The van der Waals surface area contributed by atoms with Crippen molar-refractivity contribution in [3.8, 4) is 22.6 Å². The molecule has 0 saturated heterocycles. The summed E-state index contributed by atoms with van der Waals surface area (Å²) < 4.78 is 13.4. The number of benzene rings is 4. The van der Waals surface area contributed by atoms with Crippen molar-refractivity contribution >= 4 is 23.1 Å². The van der Waals surface area contributed by atoms with Crippen molar-refractivity contribution in [1.29, 1.82) is 0 Å². The van der Waals surface area contributed by atoms with Crippen LogP contribution in [0, 0.1) is 12.8 Å². The third-order valence-electron chi connectivity index (χ3n) is 11.9. The summed E-state index contributed by atoms with van der Waals surface area (Å²) in [6, 6.07) is 31.0. The molecule has 5 nitrogen and oxygen atoms in total. The van der Waals surface area contributed by atoms with Crippen LogP contribution in [-0.2, 0) is 15.6 Å². The number of aromatic nitrogens is 1. The molecule has 0 bridgehead atoms. The molecule has 0 spiro atoms. The van der Waals surface area contributed by atoms with Gasteiger partial charge in [-0.3, -0.25) is 4.90 Å². The van der Waals surface area contributed by atoms with Crippen molar-refractivity contribution in [1.82, 2.24) is 4.98 Å². The number of ether oxygens (including phenoxy) is 2. The van der Waals surface area contributed by atoms with Gasteiger partial charge in [-0.2, -0.15) is 0 Å². The zero-order valence-corrected chi connectivity index (χ0v) is 35.3. The SMILES string of the molecule is Cc1cc(Oc2cc(C3=N[C@](C)(C(C)C)CO3)cc(-c3c(C(C)C)cccc3C(C)C)c2)cc(N2c3ccc(C(C)(C)C)cc3C(C)(C)c3cccnc32)c1. The minimum Gasteiger partial charge on any atom is -0.475 e. The number of rotatable bonds is 8. The smallest absolute Gasteiger partial charge is 0.216 e. The number of hydrogen-bond donors (Lipinski definition) is 0. The van der Waals surface area contributed by atoms with Gasteiger partial charge < -0.3 is 9.47 Å². The molecule has 5 aromatic rings. The molecule has 0 aliphatic carbocycles. The summed E-state index contributed by atoms with van der Waals surface area (Å²) in [4.78, 5) is 12.5. The summed E-state index contributed by atoms with van der Waals surface area (Å²) in [5.74, 6) is 4.16. The van der Waals surface area contributed by atoms with E-state index in [1.807, 2.05) is 6.20 Å². The number of fused-ring (bicyclic) bond motifs is 2. The lowest BCUT2D eigenvalue weighted by molar-refractivity contribution is 0.224. The number of aliphatic imine (C=N–C) groups is 1. The van der Waals surface area contributed by atoms with E-state index >= 15 is 0 Å². The van der Waals surface area contributed by atoms with Crippen molar-refractivity contribution in [2.75, 3.05) is 11.5 Å². The average molecular weight is 734 g/mol. The molecule has 0 fully saturated rings. The molecule has 286 valence electrons. The van der Waals surface area contributed by atoms with E-state index in [-0.39, 0.29) is 16.4 Å². The molecule has 2 aliphatic rings. The van der Waals surface area contributed by atoms with Crippen LogP contribution >= 0.6 is 0 Å². The second-order valence-corrected chi connectivity index (χ2v) is 18.5. The van der Waals surface area contributed by atoms with Gasteiger partial charge in [0.25, 0.3) is 0 Å². The summed E-state index contributed by atoms with van der Waals surface area (Å²) in [6.45, 7) is 29.9. The van der Waals surface area contributed by atoms with Gasteiger partial charge in [0.1, 0.15) is 23.9 Å². The minimum atomic E-state index is -0.284. The van der Waals surface area contributed by atoms with Crippen LogP contribution in [0.5, 0.6) is 11.5 Å². The largest absolute Gasteiger partial charge is 0.475 e. The molecule has 1 atom stereocenters. The van der Waals surface area contributed by atoms with Gasteiger partial charge in [-0.1, -0.05) is 113 Å². The van der Waals surface area contributed by atoms with Gasteiger partial charge in [0.15, 0.2) is 0 Å². The van der Waals surface area contributed by atoms with E-state index in [0.717, 1.165) is 45.4 Å². The van der Waals surface area contributed by atoms with Crippen LogP contribution in [0.4, 0.5) is 17.2 Å². The summed E-state index contributed by atoms with van der Waals surface area (Å²) in [5, 5.41) is 0. The lowest BCUT2D eigenvalue weighted by atomic mass is 9.72. The first-order valence-electron chi connectivity index (χ1n) is 20.1. The second kappa shape index (κ2) is 14.0. The molecular formula is C50H59N3O2. The Morgan fingerprint density at radius 1 is 0.745 bits per heavy atom. The molecule has 0 radical (unpaired) electrons. The maximum absolute atomic E-state index is 6.98. The molecule has 2 aliphatic heterocycles. The van der Waals surface area contributed by atoms with Gasteiger partial charge >= 0.3 is 0 Å². The molecule has 55 heavy (non-hydrogen) atoms. The van der Waals surface area contributed by atoms with Crippen LogP contribution in [0.2, 0.25) is 0 Å². The van der Waals surface area contributed by atoms with E-state index in [1.54, 1.807) is 0 Å². The van der Waals surface area contributed by atoms with Crippen LogP contribution in [0.1, 0.15) is 134 Å². The molecule has 0 N–H and O–H groups in total. The molecule has 3 heterocycles. The highest BCUT2D eigenvalue weighted by Gasteiger charge is 2.39. The summed E-state index contributed by atoms with van der Waals surface area (Å²) in [6.07, 6.45) is 1.90. The molecule has 0 amide bonds. The Hall–Kier alpha value is -4.90. The highest BCUT2D eigenvalue weighted by molar-refractivity contribution is 5.97. The fourth-order valence-electron chi connectivity index (χ4n) is 8.10. The zero-order chi connectivity index (χ0) is 39.6. The van der Waals surface area contributed by atoms with E-state index in [2.05, 4.69) is 180 Å². The third-order valence-corrected chi connectivity index (χ3v) is 11.9. The highest BCUT2D eigenvalue weighted by Crippen LogP contribution is 2.52. The lowest BCUT2D eigenvalue weighted by Crippen LogP contribution is -2.32. The van der Waals surface area contributed by atoms with Crippen LogP contribution in [0.25, 0.3) is 11.1 Å². The van der Waals surface area contributed by atoms with E-state index in [4.69, 9.17) is 19.5 Å². The normalized spacial score (nSPS) is 17.7. The molecule has 1 aromatic heterocycles. The van der Waals surface area contributed by atoms with Crippen molar-refractivity contribution in [3.05, 3.63) is 130 Å². The Morgan fingerprint density at radius 3 is 2.05 bits per heavy atom. The summed E-state index contributed by atoms with van der Waals surface area (Å²) >= 11 is 0. The average Bonchev–Trinajstić information content (AvgIpc) is 3.54. The standard InChI is InChI=1S/C50H59N3O2/c1-30(2)40-16-14-17-41(31(3)4)45(40)34-24-35(47-52-50(13,29-54-47)32(5)6)26-39(25-34)55-38-23-33(7)22-37(28-38)53-44-20-19-36(48(8,9)10)27-43(44)49(11,12)42-18-15-21-51-46(42)53/h14-28,30-32H,29H2,1-13H3/t50-/m0/s1. The van der Waals surface area contributed by atoms with E-state index in [0.29, 0.717) is 30.3 Å². The first-order chi connectivity index (χ1) is 25.9. The number of pyridine rings is 1. The first kappa shape index (κ1) is 38.4. The number of hydrogen-bond acceptors (Lipinski definition) is 5. The Bertz CT molecular complexity index is 2260. The van der Waals surface area contributed by atoms with Crippen molar-refractivity contribution < 1.29 is 9.47 Å². The topological polar surface area (TPSA) is 47.0 Å². The quantitative estimate of drug-likeness (QED) is 0.159. The van der Waals surface area contributed by atoms with E-state index in [1.165, 1.54) is 33.4 Å².